The molecule has 1 aromatic heterocycles. The van der Waals surface area contributed by atoms with E-state index in [2.05, 4.69) is 4.98 Å². The van der Waals surface area contributed by atoms with Gasteiger partial charge in [0.05, 0.1) is 17.9 Å². The first-order valence-electron chi connectivity index (χ1n) is 5.75. The molecule has 0 N–H and O–H groups in total. The lowest BCUT2D eigenvalue weighted by molar-refractivity contribution is -0.121. The minimum Gasteiger partial charge on any atom is -0.335 e. The number of Topliss-reactive ketones (excluding diaryl/α,β-unsaturated/α-hetero) is 1. The summed E-state index contributed by atoms with van der Waals surface area (Å²) in [5.74, 6) is 0.542. The van der Waals surface area contributed by atoms with Gasteiger partial charge in [0.1, 0.15) is 11.6 Å². The van der Waals surface area contributed by atoms with Gasteiger partial charge in [-0.25, -0.2) is 13.4 Å². The van der Waals surface area contributed by atoms with Crippen LogP contribution >= 0.6 is 0 Å². The molecule has 1 aliphatic heterocycles. The van der Waals surface area contributed by atoms with Gasteiger partial charge in [-0.3, -0.25) is 4.79 Å². The third-order valence-corrected chi connectivity index (χ3v) is 4.93. The number of nitrogens with zero attached hydrogens (tertiary/aromatic N) is 2. The summed E-state index contributed by atoms with van der Waals surface area (Å²) in [5, 5.41) is 0. The smallest absolute Gasteiger partial charge is 0.151 e. The van der Waals surface area contributed by atoms with Crippen molar-refractivity contribution in [2.75, 3.05) is 11.5 Å². The van der Waals surface area contributed by atoms with Crippen LogP contribution < -0.4 is 0 Å². The summed E-state index contributed by atoms with van der Waals surface area (Å²) in [6.07, 6.45) is 4.19. The van der Waals surface area contributed by atoms with Crippen LogP contribution in [0.25, 0.3) is 0 Å². The van der Waals surface area contributed by atoms with Crippen LogP contribution in [-0.4, -0.2) is 35.3 Å². The van der Waals surface area contributed by atoms with E-state index in [0.717, 1.165) is 12.4 Å². The van der Waals surface area contributed by atoms with Gasteiger partial charge in [-0.1, -0.05) is 0 Å². The van der Waals surface area contributed by atoms with Crippen molar-refractivity contribution >= 4 is 15.6 Å². The van der Waals surface area contributed by atoms with E-state index in [4.69, 9.17) is 0 Å². The number of sulfone groups is 1. The van der Waals surface area contributed by atoms with Gasteiger partial charge in [0.15, 0.2) is 9.84 Å². The normalized spacial score (nSPS) is 22.8. The fourth-order valence-corrected chi connectivity index (χ4v) is 3.92. The molecule has 2 heterocycles. The van der Waals surface area contributed by atoms with Crippen LogP contribution in [0.3, 0.4) is 0 Å². The van der Waals surface area contributed by atoms with Crippen molar-refractivity contribution in [3.8, 4) is 0 Å². The van der Waals surface area contributed by atoms with E-state index < -0.39 is 9.84 Å². The van der Waals surface area contributed by atoms with Gasteiger partial charge in [0.2, 0.25) is 0 Å². The standard InChI is InChI=1S/C11H16N2O3S/c1-2-13-5-4-12-11(13)7-10(14)9-3-6-17(15,16)8-9/h4-5,9H,2-3,6-8H2,1H3. The average molecular weight is 256 g/mol. The molecule has 5 nitrogen and oxygen atoms in total. The van der Waals surface area contributed by atoms with Crippen LogP contribution in [0, 0.1) is 5.92 Å². The SMILES string of the molecule is CCn1ccnc1CC(=O)C1CCS(=O)(=O)C1. The number of aryl methyl sites for hydroxylation is 1. The Balaban J connectivity index is 2.03. The Morgan fingerprint density at radius 2 is 2.35 bits per heavy atom. The first-order chi connectivity index (χ1) is 8.02. The lowest BCUT2D eigenvalue weighted by Gasteiger charge is -2.07. The number of carbonyl (C=O) groups excluding carboxylic acids is 1. The topological polar surface area (TPSA) is 69.0 Å². The average Bonchev–Trinajstić information content (AvgIpc) is 2.84. The number of aromatic nitrogens is 2. The molecule has 94 valence electrons. The van der Waals surface area contributed by atoms with Crippen molar-refractivity contribution in [2.24, 2.45) is 5.92 Å². The van der Waals surface area contributed by atoms with Crippen LogP contribution in [0.4, 0.5) is 0 Å². The molecule has 1 atom stereocenters. The van der Waals surface area contributed by atoms with Crippen molar-refractivity contribution in [1.82, 2.24) is 9.55 Å². The van der Waals surface area contributed by atoms with E-state index in [1.807, 2.05) is 17.7 Å². The largest absolute Gasteiger partial charge is 0.335 e. The zero-order valence-electron chi connectivity index (χ0n) is 9.80. The highest BCUT2D eigenvalue weighted by atomic mass is 32.2. The Kier molecular flexibility index (Phi) is 3.33. The fraction of sp³-hybridized carbons (Fsp3) is 0.636. The zero-order valence-corrected chi connectivity index (χ0v) is 10.6. The van der Waals surface area contributed by atoms with Crippen LogP contribution in [0.2, 0.25) is 0 Å². The lowest BCUT2D eigenvalue weighted by Crippen LogP contribution is -2.20. The molecular formula is C11H16N2O3S. The number of ketones is 1. The maximum absolute atomic E-state index is 12.0. The van der Waals surface area contributed by atoms with Gasteiger partial charge in [-0.15, -0.1) is 0 Å². The molecule has 6 heteroatoms. The first kappa shape index (κ1) is 12.3. The predicted molar refractivity (Wildman–Crippen MR) is 63.4 cm³/mol. The van der Waals surface area contributed by atoms with Crippen molar-refractivity contribution in [2.45, 2.75) is 26.3 Å². The highest BCUT2D eigenvalue weighted by Crippen LogP contribution is 2.20. The number of imidazole rings is 1. The minimum atomic E-state index is -2.98. The van der Waals surface area contributed by atoms with Gasteiger partial charge in [0, 0.05) is 24.9 Å². The van der Waals surface area contributed by atoms with E-state index in [9.17, 15) is 13.2 Å². The molecule has 17 heavy (non-hydrogen) atoms. The molecule has 0 radical (unpaired) electrons. The molecule has 1 fully saturated rings. The second kappa shape index (κ2) is 4.60. The number of carbonyl (C=O) groups is 1. The Morgan fingerprint density at radius 1 is 1.59 bits per heavy atom. The fourth-order valence-electron chi connectivity index (χ4n) is 2.14. The third kappa shape index (κ3) is 2.74. The summed E-state index contributed by atoms with van der Waals surface area (Å²) in [7, 11) is -2.98. The number of hydrogen-bond donors (Lipinski definition) is 0. The lowest BCUT2D eigenvalue weighted by atomic mass is 10.0. The molecule has 0 spiro atoms. The van der Waals surface area contributed by atoms with Gasteiger partial charge in [-0.2, -0.15) is 0 Å². The van der Waals surface area contributed by atoms with Crippen molar-refractivity contribution in [1.29, 1.82) is 0 Å². The highest BCUT2D eigenvalue weighted by Gasteiger charge is 2.33. The van der Waals surface area contributed by atoms with Crippen LogP contribution in [0.15, 0.2) is 12.4 Å². The summed E-state index contributed by atoms with van der Waals surface area (Å²) in [6.45, 7) is 2.75. The Morgan fingerprint density at radius 3 is 2.94 bits per heavy atom. The molecular weight excluding hydrogens is 240 g/mol. The molecule has 0 bridgehead atoms. The Labute approximate surface area is 101 Å². The monoisotopic (exact) mass is 256 g/mol. The molecule has 2 rings (SSSR count). The minimum absolute atomic E-state index is 0.00743. The van der Waals surface area contributed by atoms with Crippen LogP contribution in [0.5, 0.6) is 0 Å². The van der Waals surface area contributed by atoms with Crippen molar-refractivity contribution < 1.29 is 13.2 Å². The molecule has 0 aliphatic carbocycles. The van der Waals surface area contributed by atoms with E-state index in [-0.39, 0.29) is 29.6 Å². The molecule has 1 unspecified atom stereocenters. The molecule has 0 amide bonds. The number of hydrogen-bond acceptors (Lipinski definition) is 4. The first-order valence-corrected chi connectivity index (χ1v) is 7.57. The molecule has 1 aliphatic rings. The predicted octanol–water partition coefficient (Wildman–Crippen LogP) is 0.449. The van der Waals surface area contributed by atoms with Crippen LogP contribution in [-0.2, 0) is 27.6 Å². The molecule has 0 saturated carbocycles. The molecule has 1 saturated heterocycles. The van der Waals surface area contributed by atoms with Gasteiger partial charge >= 0.3 is 0 Å². The van der Waals surface area contributed by atoms with E-state index in [1.54, 1.807) is 6.20 Å². The number of rotatable bonds is 4. The van der Waals surface area contributed by atoms with Gasteiger partial charge in [0.25, 0.3) is 0 Å². The zero-order chi connectivity index (χ0) is 12.5. The maximum Gasteiger partial charge on any atom is 0.151 e. The van der Waals surface area contributed by atoms with E-state index in [0.29, 0.717) is 6.42 Å². The Bertz CT molecular complexity index is 519. The summed E-state index contributed by atoms with van der Waals surface area (Å²) in [4.78, 5) is 16.1. The maximum atomic E-state index is 12.0. The quantitative estimate of drug-likeness (QED) is 0.784. The summed E-state index contributed by atoms with van der Waals surface area (Å²) in [5.41, 5.74) is 0. The second-order valence-corrected chi connectivity index (χ2v) is 6.60. The summed E-state index contributed by atoms with van der Waals surface area (Å²) < 4.78 is 24.5. The third-order valence-electron chi connectivity index (χ3n) is 3.16. The van der Waals surface area contributed by atoms with Crippen LogP contribution in [0.1, 0.15) is 19.2 Å². The van der Waals surface area contributed by atoms with Gasteiger partial charge < -0.3 is 4.57 Å². The summed E-state index contributed by atoms with van der Waals surface area (Å²) in [6, 6.07) is 0. The highest BCUT2D eigenvalue weighted by molar-refractivity contribution is 7.91. The van der Waals surface area contributed by atoms with Gasteiger partial charge in [-0.05, 0) is 13.3 Å². The Hall–Kier alpha value is -1.17. The van der Waals surface area contributed by atoms with E-state index in [1.165, 1.54) is 0 Å². The molecule has 0 aromatic carbocycles. The van der Waals surface area contributed by atoms with Crippen molar-refractivity contribution in [3.05, 3.63) is 18.2 Å². The second-order valence-electron chi connectivity index (χ2n) is 4.37. The van der Waals surface area contributed by atoms with Crippen molar-refractivity contribution in [3.63, 3.8) is 0 Å². The van der Waals surface area contributed by atoms with E-state index >= 15 is 0 Å². The molecule has 1 aromatic rings. The summed E-state index contributed by atoms with van der Waals surface area (Å²) >= 11 is 0.